The standard InChI is InChI=1S/C31H33N7O2/c1-22(24-11-9-23(15-32)10-12-24)16-33-19-28(25-7-5-4-6-8-25)31(40)36-29-14-13-26(17-34-29)27-18-35-38(20-27)21-30(39)37(2)3/h4-14,17-18,20,22,28,33H,16,19,21H2,1-3H3,(H,34,36,40)/t22-,28?/m0/s1. The highest BCUT2D eigenvalue weighted by Crippen LogP contribution is 2.22. The van der Waals surface area contributed by atoms with Crippen molar-refractivity contribution in [1.82, 2.24) is 25.0 Å². The summed E-state index contributed by atoms with van der Waals surface area (Å²) in [5, 5.41) is 19.7. The summed E-state index contributed by atoms with van der Waals surface area (Å²) >= 11 is 0. The minimum absolute atomic E-state index is 0.0444. The van der Waals surface area contributed by atoms with Crippen LogP contribution in [0.1, 0.15) is 35.4 Å². The lowest BCUT2D eigenvalue weighted by molar-refractivity contribution is -0.129. The second kappa shape index (κ2) is 13.3. The zero-order valence-electron chi connectivity index (χ0n) is 22.9. The molecule has 9 heteroatoms. The van der Waals surface area contributed by atoms with E-state index in [9.17, 15) is 9.59 Å². The van der Waals surface area contributed by atoms with Crippen molar-refractivity contribution in [2.75, 3.05) is 32.5 Å². The van der Waals surface area contributed by atoms with Gasteiger partial charge in [-0.25, -0.2) is 4.98 Å². The van der Waals surface area contributed by atoms with Gasteiger partial charge in [-0.3, -0.25) is 14.3 Å². The van der Waals surface area contributed by atoms with Gasteiger partial charge >= 0.3 is 0 Å². The van der Waals surface area contributed by atoms with E-state index in [1.807, 2.05) is 60.7 Å². The van der Waals surface area contributed by atoms with Crippen molar-refractivity contribution in [3.05, 3.63) is 102 Å². The third-order valence-corrected chi connectivity index (χ3v) is 6.70. The maximum Gasteiger partial charge on any atom is 0.243 e. The number of likely N-dealkylation sites (N-methyl/N-ethyl adjacent to an activating group) is 1. The van der Waals surface area contributed by atoms with Crippen LogP contribution in [0.3, 0.4) is 0 Å². The topological polar surface area (TPSA) is 116 Å². The van der Waals surface area contributed by atoms with E-state index in [1.54, 1.807) is 43.4 Å². The second-order valence-corrected chi connectivity index (χ2v) is 9.89. The number of nitrogens with zero attached hydrogens (tertiary/aromatic N) is 5. The van der Waals surface area contributed by atoms with Crippen LogP contribution in [0.4, 0.5) is 5.82 Å². The van der Waals surface area contributed by atoms with Gasteiger partial charge in [0.1, 0.15) is 12.4 Å². The molecule has 2 heterocycles. The van der Waals surface area contributed by atoms with Gasteiger partial charge in [-0.2, -0.15) is 10.4 Å². The summed E-state index contributed by atoms with van der Waals surface area (Å²) in [5.74, 6) is 0.0583. The summed E-state index contributed by atoms with van der Waals surface area (Å²) in [6, 6.07) is 23.0. The zero-order valence-corrected chi connectivity index (χ0v) is 22.9. The molecule has 0 bridgehead atoms. The summed E-state index contributed by atoms with van der Waals surface area (Å²) in [6.45, 7) is 3.42. The van der Waals surface area contributed by atoms with E-state index in [2.05, 4.69) is 33.7 Å². The average Bonchev–Trinajstić information content (AvgIpc) is 3.44. The first kappa shape index (κ1) is 28.2. The molecule has 0 aliphatic carbocycles. The van der Waals surface area contributed by atoms with Gasteiger partial charge in [0.05, 0.1) is 23.7 Å². The first-order chi connectivity index (χ1) is 19.3. The number of aromatic nitrogens is 3. The minimum Gasteiger partial charge on any atom is -0.347 e. The molecule has 0 radical (unpaired) electrons. The minimum atomic E-state index is -0.414. The van der Waals surface area contributed by atoms with E-state index < -0.39 is 5.92 Å². The molecular weight excluding hydrogens is 502 g/mol. The van der Waals surface area contributed by atoms with Gasteiger partial charge in [-0.05, 0) is 41.3 Å². The van der Waals surface area contributed by atoms with E-state index in [0.717, 1.165) is 22.3 Å². The molecule has 0 aliphatic rings. The Morgan fingerprint density at radius 3 is 2.35 bits per heavy atom. The summed E-state index contributed by atoms with van der Waals surface area (Å²) < 4.78 is 1.59. The Balaban J connectivity index is 1.38. The summed E-state index contributed by atoms with van der Waals surface area (Å²) in [6.07, 6.45) is 5.17. The molecule has 40 heavy (non-hydrogen) atoms. The van der Waals surface area contributed by atoms with E-state index in [0.29, 0.717) is 24.5 Å². The molecule has 2 aromatic carbocycles. The third-order valence-electron chi connectivity index (χ3n) is 6.70. The van der Waals surface area contributed by atoms with E-state index >= 15 is 0 Å². The molecule has 0 saturated carbocycles. The molecule has 0 spiro atoms. The largest absolute Gasteiger partial charge is 0.347 e. The van der Waals surface area contributed by atoms with Crippen LogP contribution in [0, 0.1) is 11.3 Å². The van der Waals surface area contributed by atoms with Crippen molar-refractivity contribution in [2.24, 2.45) is 0 Å². The maximum absolute atomic E-state index is 13.4. The normalized spacial score (nSPS) is 12.2. The molecule has 0 aliphatic heterocycles. The van der Waals surface area contributed by atoms with Crippen LogP contribution in [0.5, 0.6) is 0 Å². The number of nitriles is 1. The van der Waals surface area contributed by atoms with Gasteiger partial charge in [-0.1, -0.05) is 49.4 Å². The fraction of sp³-hybridized carbons (Fsp3) is 0.258. The van der Waals surface area contributed by atoms with Crippen LogP contribution in [0.2, 0.25) is 0 Å². The molecule has 4 rings (SSSR count). The number of hydrogen-bond acceptors (Lipinski definition) is 6. The summed E-state index contributed by atoms with van der Waals surface area (Å²) in [7, 11) is 3.42. The number of anilines is 1. The van der Waals surface area contributed by atoms with Crippen molar-refractivity contribution in [2.45, 2.75) is 25.3 Å². The Kier molecular flexibility index (Phi) is 9.39. The van der Waals surface area contributed by atoms with Crippen LogP contribution in [-0.2, 0) is 16.1 Å². The van der Waals surface area contributed by atoms with Crippen LogP contribution in [-0.4, -0.2) is 58.7 Å². The van der Waals surface area contributed by atoms with Gasteiger partial charge in [-0.15, -0.1) is 0 Å². The maximum atomic E-state index is 13.4. The lowest BCUT2D eigenvalue weighted by atomic mass is 9.96. The molecule has 2 atom stereocenters. The number of rotatable bonds is 11. The SMILES string of the molecule is C[C@@H](CNCC(C(=O)Nc1ccc(-c2cnn(CC(=O)N(C)C)c2)cn1)c1ccccc1)c1ccc(C#N)cc1. The first-order valence-corrected chi connectivity index (χ1v) is 13.1. The van der Waals surface area contributed by atoms with E-state index in [4.69, 9.17) is 5.26 Å². The molecule has 2 N–H and O–H groups in total. The number of nitrogens with one attached hydrogen (secondary N) is 2. The number of pyridine rings is 1. The van der Waals surface area contributed by atoms with Crippen LogP contribution < -0.4 is 10.6 Å². The second-order valence-electron chi connectivity index (χ2n) is 9.89. The van der Waals surface area contributed by atoms with Crippen molar-refractivity contribution in [3.8, 4) is 17.2 Å². The van der Waals surface area contributed by atoms with Gasteiger partial charge < -0.3 is 15.5 Å². The quantitative estimate of drug-likeness (QED) is 0.300. The average molecular weight is 536 g/mol. The number of carbonyl (C=O) groups excluding carboxylic acids is 2. The smallest absolute Gasteiger partial charge is 0.243 e. The Labute approximate surface area is 234 Å². The van der Waals surface area contributed by atoms with Crippen molar-refractivity contribution in [1.29, 1.82) is 5.26 Å². The lowest BCUT2D eigenvalue weighted by Crippen LogP contribution is -2.32. The molecule has 0 fully saturated rings. The van der Waals surface area contributed by atoms with E-state index in [1.165, 1.54) is 4.90 Å². The molecule has 4 aromatic rings. The Hall–Kier alpha value is -4.81. The fourth-order valence-corrected chi connectivity index (χ4v) is 4.23. The molecule has 0 saturated heterocycles. The predicted molar refractivity (Wildman–Crippen MR) is 154 cm³/mol. The van der Waals surface area contributed by atoms with Crippen molar-refractivity contribution >= 4 is 17.6 Å². The Bertz CT molecular complexity index is 1460. The zero-order chi connectivity index (χ0) is 28.5. The van der Waals surface area contributed by atoms with Crippen LogP contribution in [0.25, 0.3) is 11.1 Å². The Morgan fingerprint density at radius 2 is 1.70 bits per heavy atom. The van der Waals surface area contributed by atoms with Gasteiger partial charge in [0.2, 0.25) is 11.8 Å². The Morgan fingerprint density at radius 1 is 0.950 bits per heavy atom. The van der Waals surface area contributed by atoms with Gasteiger partial charge in [0, 0.05) is 50.7 Å². The molecule has 9 nitrogen and oxygen atoms in total. The number of benzene rings is 2. The highest BCUT2D eigenvalue weighted by atomic mass is 16.2. The molecule has 2 amide bonds. The predicted octanol–water partition coefficient (Wildman–Crippen LogP) is 4.02. The number of amides is 2. The number of carbonyl (C=O) groups is 2. The molecule has 2 aromatic heterocycles. The summed E-state index contributed by atoms with van der Waals surface area (Å²) in [4.78, 5) is 31.3. The number of hydrogen-bond donors (Lipinski definition) is 2. The monoisotopic (exact) mass is 535 g/mol. The third kappa shape index (κ3) is 7.40. The molecular formula is C31H33N7O2. The van der Waals surface area contributed by atoms with E-state index in [-0.39, 0.29) is 24.3 Å². The van der Waals surface area contributed by atoms with Crippen molar-refractivity contribution < 1.29 is 9.59 Å². The highest BCUT2D eigenvalue weighted by molar-refractivity contribution is 5.95. The molecule has 204 valence electrons. The first-order valence-electron chi connectivity index (χ1n) is 13.1. The van der Waals surface area contributed by atoms with Crippen LogP contribution in [0.15, 0.2) is 85.3 Å². The lowest BCUT2D eigenvalue weighted by Gasteiger charge is -2.20. The summed E-state index contributed by atoms with van der Waals surface area (Å²) in [5.41, 5.74) is 4.35. The van der Waals surface area contributed by atoms with Crippen LogP contribution >= 0.6 is 0 Å². The highest BCUT2D eigenvalue weighted by Gasteiger charge is 2.21. The van der Waals surface area contributed by atoms with Gasteiger partial charge in [0.25, 0.3) is 0 Å². The van der Waals surface area contributed by atoms with Gasteiger partial charge in [0.15, 0.2) is 0 Å². The van der Waals surface area contributed by atoms with Crippen molar-refractivity contribution in [3.63, 3.8) is 0 Å². The molecule has 1 unspecified atom stereocenters. The fourth-order valence-electron chi connectivity index (χ4n) is 4.23.